The lowest BCUT2D eigenvalue weighted by molar-refractivity contribution is 0.628. The minimum atomic E-state index is -0.489. The molecule has 4 heterocycles. The van der Waals surface area contributed by atoms with Crippen molar-refractivity contribution < 1.29 is 8.78 Å². The molecule has 40 heavy (non-hydrogen) atoms. The topological polar surface area (TPSA) is 104 Å². The van der Waals surface area contributed by atoms with Crippen molar-refractivity contribution in [1.29, 1.82) is 0 Å². The van der Waals surface area contributed by atoms with E-state index in [1.54, 1.807) is 53.5 Å². The molecule has 4 aromatic heterocycles. The van der Waals surface area contributed by atoms with E-state index in [9.17, 15) is 9.18 Å². The quantitative estimate of drug-likeness (QED) is 0.269. The fraction of sp³-hybridized carbons (Fsp3) is 0.133. The maximum Gasteiger partial charge on any atom is 0.200 e. The van der Waals surface area contributed by atoms with E-state index >= 15 is 4.39 Å². The molecule has 0 amide bonds. The van der Waals surface area contributed by atoms with Gasteiger partial charge in [0, 0.05) is 54.6 Å². The van der Waals surface area contributed by atoms with Crippen LogP contribution in [0, 0.1) is 11.6 Å². The molecule has 2 aromatic carbocycles. The standard InChI is InChI=1S/C30H25F2N7O/c1-3-12-39-15-21(17-4-6-18(31)7-5-17)27(40)26-24(39)10-11-34-29(26)37-19-8-9-20(23(32)13-19)22-14-38(2)30-25(22)28(33)35-16-36-30/h4-11,13-16H,3,12H2,1-2H3,(H,34,37)(H2,33,35,36). The van der Waals surface area contributed by atoms with Crippen LogP contribution in [0.4, 0.5) is 26.1 Å². The minimum absolute atomic E-state index is 0.257. The number of nitrogens with two attached hydrogens (primary N) is 1. The number of halogens is 2. The second kappa shape index (κ2) is 9.88. The number of hydrogen-bond acceptors (Lipinski definition) is 6. The van der Waals surface area contributed by atoms with Crippen LogP contribution < -0.4 is 16.5 Å². The van der Waals surface area contributed by atoms with Gasteiger partial charge in [-0.3, -0.25) is 4.79 Å². The third-order valence-corrected chi connectivity index (χ3v) is 6.92. The first-order valence-electron chi connectivity index (χ1n) is 12.8. The van der Waals surface area contributed by atoms with Gasteiger partial charge in [0.2, 0.25) is 5.43 Å². The molecular weight excluding hydrogens is 512 g/mol. The zero-order valence-electron chi connectivity index (χ0n) is 21.8. The Hall–Kier alpha value is -5.12. The van der Waals surface area contributed by atoms with Crippen molar-refractivity contribution in [3.8, 4) is 22.3 Å². The molecule has 0 aliphatic rings. The molecule has 0 aliphatic heterocycles. The second-order valence-corrected chi connectivity index (χ2v) is 9.56. The monoisotopic (exact) mass is 537 g/mol. The van der Waals surface area contributed by atoms with E-state index in [0.29, 0.717) is 62.2 Å². The van der Waals surface area contributed by atoms with Crippen LogP contribution in [0.2, 0.25) is 0 Å². The molecule has 0 bridgehead atoms. The molecule has 10 heteroatoms. The lowest BCUT2D eigenvalue weighted by atomic mass is 10.0. The Labute approximate surface area is 227 Å². The number of nitrogens with zero attached hydrogens (tertiary/aromatic N) is 5. The SMILES string of the molecule is CCCn1cc(-c2ccc(F)cc2)c(=O)c2c(Nc3ccc(-c4cn(C)c5ncnc(N)c45)c(F)c3)nccc21. The van der Waals surface area contributed by atoms with Crippen LogP contribution in [0.5, 0.6) is 0 Å². The van der Waals surface area contributed by atoms with Crippen molar-refractivity contribution in [2.45, 2.75) is 19.9 Å². The number of pyridine rings is 2. The Morgan fingerprint density at radius 3 is 2.48 bits per heavy atom. The van der Waals surface area contributed by atoms with E-state index in [2.05, 4.69) is 20.3 Å². The van der Waals surface area contributed by atoms with Gasteiger partial charge in [-0.1, -0.05) is 19.1 Å². The van der Waals surface area contributed by atoms with Gasteiger partial charge in [0.15, 0.2) is 0 Å². The van der Waals surface area contributed by atoms with E-state index < -0.39 is 5.82 Å². The Morgan fingerprint density at radius 2 is 1.73 bits per heavy atom. The number of nitrogens with one attached hydrogen (secondary N) is 1. The fourth-order valence-electron chi connectivity index (χ4n) is 5.08. The van der Waals surface area contributed by atoms with Gasteiger partial charge in [0.05, 0.1) is 16.3 Å². The third-order valence-electron chi connectivity index (χ3n) is 6.92. The summed E-state index contributed by atoms with van der Waals surface area (Å²) in [5.41, 5.74) is 9.49. The molecule has 200 valence electrons. The van der Waals surface area contributed by atoms with Crippen molar-refractivity contribution in [2.24, 2.45) is 7.05 Å². The molecule has 8 nitrogen and oxygen atoms in total. The van der Waals surface area contributed by atoms with Crippen LogP contribution in [-0.4, -0.2) is 24.1 Å². The average molecular weight is 538 g/mol. The van der Waals surface area contributed by atoms with Crippen molar-refractivity contribution in [2.75, 3.05) is 11.1 Å². The number of benzene rings is 2. The summed E-state index contributed by atoms with van der Waals surface area (Å²) in [7, 11) is 1.81. The van der Waals surface area contributed by atoms with Gasteiger partial charge in [-0.15, -0.1) is 0 Å². The Kier molecular flexibility index (Phi) is 6.22. The van der Waals surface area contributed by atoms with Crippen LogP contribution in [0.25, 0.3) is 44.2 Å². The molecule has 0 spiro atoms. The average Bonchev–Trinajstić information content (AvgIpc) is 3.28. The summed E-state index contributed by atoms with van der Waals surface area (Å²) in [5, 5.41) is 4.08. The molecule has 0 saturated carbocycles. The highest BCUT2D eigenvalue weighted by Gasteiger charge is 2.18. The second-order valence-electron chi connectivity index (χ2n) is 9.56. The first-order valence-corrected chi connectivity index (χ1v) is 12.8. The highest BCUT2D eigenvalue weighted by Crippen LogP contribution is 2.35. The summed E-state index contributed by atoms with van der Waals surface area (Å²) in [5.74, 6) is -0.309. The van der Waals surface area contributed by atoms with E-state index in [1.165, 1.54) is 24.5 Å². The number of rotatable bonds is 6. The Bertz CT molecular complexity index is 1960. The van der Waals surface area contributed by atoms with Gasteiger partial charge in [0.1, 0.15) is 35.2 Å². The molecule has 3 N–H and O–H groups in total. The van der Waals surface area contributed by atoms with Crippen LogP contribution >= 0.6 is 0 Å². The summed E-state index contributed by atoms with van der Waals surface area (Å²) >= 11 is 0. The molecule has 0 atom stereocenters. The highest BCUT2D eigenvalue weighted by atomic mass is 19.1. The van der Waals surface area contributed by atoms with Gasteiger partial charge >= 0.3 is 0 Å². The zero-order chi connectivity index (χ0) is 28.0. The summed E-state index contributed by atoms with van der Waals surface area (Å²) in [4.78, 5) is 26.5. The summed E-state index contributed by atoms with van der Waals surface area (Å²) < 4.78 is 32.9. The van der Waals surface area contributed by atoms with Gasteiger partial charge in [-0.2, -0.15) is 0 Å². The molecule has 0 aliphatic carbocycles. The maximum atomic E-state index is 15.5. The van der Waals surface area contributed by atoms with E-state index in [-0.39, 0.29) is 17.1 Å². The summed E-state index contributed by atoms with van der Waals surface area (Å²) in [6.07, 6.45) is 7.37. The number of fused-ring (bicyclic) bond motifs is 2. The van der Waals surface area contributed by atoms with Crippen LogP contribution in [-0.2, 0) is 13.6 Å². The van der Waals surface area contributed by atoms with Crippen LogP contribution in [0.1, 0.15) is 13.3 Å². The van der Waals surface area contributed by atoms with Gasteiger partial charge in [0.25, 0.3) is 0 Å². The first kappa shape index (κ1) is 25.2. The van der Waals surface area contributed by atoms with Crippen molar-refractivity contribution in [3.63, 3.8) is 0 Å². The predicted octanol–water partition coefficient (Wildman–Crippen LogP) is 6.03. The van der Waals surface area contributed by atoms with E-state index in [4.69, 9.17) is 5.73 Å². The molecule has 0 saturated heterocycles. The molecule has 6 rings (SSSR count). The number of hydrogen-bond donors (Lipinski definition) is 2. The Morgan fingerprint density at radius 1 is 0.925 bits per heavy atom. The van der Waals surface area contributed by atoms with Gasteiger partial charge in [-0.25, -0.2) is 23.7 Å². The molecule has 0 unspecified atom stereocenters. The van der Waals surface area contributed by atoms with Crippen molar-refractivity contribution >= 4 is 39.3 Å². The minimum Gasteiger partial charge on any atom is -0.383 e. The number of anilines is 3. The summed E-state index contributed by atoms with van der Waals surface area (Å²) in [6, 6.07) is 12.3. The lowest BCUT2D eigenvalue weighted by Crippen LogP contribution is -2.14. The number of aromatic nitrogens is 5. The van der Waals surface area contributed by atoms with E-state index in [1.807, 2.05) is 18.5 Å². The largest absolute Gasteiger partial charge is 0.383 e. The predicted molar refractivity (Wildman–Crippen MR) is 153 cm³/mol. The van der Waals surface area contributed by atoms with E-state index in [0.717, 1.165) is 6.42 Å². The smallest absolute Gasteiger partial charge is 0.200 e. The van der Waals surface area contributed by atoms with Gasteiger partial charge < -0.3 is 20.2 Å². The van der Waals surface area contributed by atoms with Gasteiger partial charge in [-0.05, 0) is 48.4 Å². The molecule has 0 fully saturated rings. The zero-order valence-corrected chi connectivity index (χ0v) is 21.8. The first-order chi connectivity index (χ1) is 19.4. The molecule has 0 radical (unpaired) electrons. The fourth-order valence-corrected chi connectivity index (χ4v) is 5.08. The number of nitrogen functional groups attached to an aromatic ring is 1. The highest BCUT2D eigenvalue weighted by molar-refractivity contribution is 6.01. The van der Waals surface area contributed by atoms with Crippen LogP contribution in [0.15, 0.2) is 78.2 Å². The molecule has 6 aromatic rings. The van der Waals surface area contributed by atoms with Crippen molar-refractivity contribution in [3.05, 3.63) is 95.3 Å². The normalized spacial score (nSPS) is 11.4. The lowest BCUT2D eigenvalue weighted by Gasteiger charge is -2.16. The van der Waals surface area contributed by atoms with Crippen LogP contribution in [0.3, 0.4) is 0 Å². The number of aryl methyl sites for hydroxylation is 2. The Balaban J connectivity index is 1.45. The third kappa shape index (κ3) is 4.23. The van der Waals surface area contributed by atoms with Crippen molar-refractivity contribution in [1.82, 2.24) is 24.1 Å². The molecular formula is C30H25F2N7O. The maximum absolute atomic E-state index is 15.5. The summed E-state index contributed by atoms with van der Waals surface area (Å²) in [6.45, 7) is 2.71.